The normalized spacial score (nSPS) is 15.4. The first-order chi connectivity index (χ1) is 13.3. The van der Waals surface area contributed by atoms with Crippen molar-refractivity contribution < 1.29 is 23.0 Å². The van der Waals surface area contributed by atoms with Gasteiger partial charge in [-0.2, -0.15) is 8.78 Å². The van der Waals surface area contributed by atoms with Crippen LogP contribution in [0.15, 0.2) is 42.1 Å². The van der Waals surface area contributed by atoms with E-state index in [4.69, 9.17) is 17.0 Å². The molecule has 0 radical (unpaired) electrons. The summed E-state index contributed by atoms with van der Waals surface area (Å²) in [5, 5.41) is 3.17. The predicted octanol–water partition coefficient (Wildman–Crippen LogP) is 4.18. The van der Waals surface area contributed by atoms with Crippen molar-refractivity contribution in [1.29, 1.82) is 0 Å². The summed E-state index contributed by atoms with van der Waals surface area (Å²) in [7, 11) is 1.35. The summed E-state index contributed by atoms with van der Waals surface area (Å²) in [4.78, 5) is 14.3. The number of hydrogen-bond donors (Lipinski definition) is 1. The topological polar surface area (TPSA) is 50.8 Å². The van der Waals surface area contributed by atoms with Gasteiger partial charge in [0.15, 0.2) is 16.6 Å². The number of hydrogen-bond acceptors (Lipinski definition) is 4. The molecule has 146 valence electrons. The lowest BCUT2D eigenvalue weighted by Crippen LogP contribution is -2.30. The van der Waals surface area contributed by atoms with E-state index in [1.165, 1.54) is 24.1 Å². The third-order valence-electron chi connectivity index (χ3n) is 4.06. The summed E-state index contributed by atoms with van der Waals surface area (Å²) in [5.74, 6) is -0.256. The molecule has 1 aliphatic rings. The molecule has 1 heterocycles. The van der Waals surface area contributed by atoms with E-state index in [0.29, 0.717) is 11.3 Å². The first kappa shape index (κ1) is 19.8. The molecule has 0 bridgehead atoms. The van der Waals surface area contributed by atoms with Crippen LogP contribution < -0.4 is 19.7 Å². The summed E-state index contributed by atoms with van der Waals surface area (Å²) in [6.07, 6.45) is 1.58. The highest BCUT2D eigenvalue weighted by molar-refractivity contribution is 7.80. The molecule has 0 aromatic heterocycles. The van der Waals surface area contributed by atoms with Crippen LogP contribution in [0.4, 0.5) is 14.5 Å². The van der Waals surface area contributed by atoms with Crippen LogP contribution in [0.2, 0.25) is 0 Å². The first-order valence-electron chi connectivity index (χ1n) is 8.37. The van der Waals surface area contributed by atoms with Gasteiger partial charge >= 0.3 is 6.61 Å². The van der Waals surface area contributed by atoms with Crippen molar-refractivity contribution in [3.8, 4) is 11.5 Å². The maximum absolute atomic E-state index is 12.9. The molecule has 0 saturated carbocycles. The molecule has 2 aromatic rings. The number of benzene rings is 2. The molecule has 3 rings (SSSR count). The number of nitrogens with zero attached hydrogens (tertiary/aromatic N) is 1. The van der Waals surface area contributed by atoms with Crippen molar-refractivity contribution in [3.63, 3.8) is 0 Å². The smallest absolute Gasteiger partial charge is 0.387 e. The number of amides is 1. The molecule has 0 spiro atoms. The summed E-state index contributed by atoms with van der Waals surface area (Å²) in [6.45, 7) is 0.930. The Labute approximate surface area is 166 Å². The van der Waals surface area contributed by atoms with Crippen LogP contribution in [0.3, 0.4) is 0 Å². The molecule has 1 saturated heterocycles. The van der Waals surface area contributed by atoms with Gasteiger partial charge < -0.3 is 14.8 Å². The van der Waals surface area contributed by atoms with Crippen LogP contribution in [0.1, 0.15) is 16.7 Å². The number of methoxy groups -OCH3 is 1. The fourth-order valence-corrected chi connectivity index (χ4v) is 3.28. The Hall–Kier alpha value is -3.00. The number of halogens is 2. The Morgan fingerprint density at radius 3 is 2.39 bits per heavy atom. The lowest BCUT2D eigenvalue weighted by molar-refractivity contribution is -0.113. The van der Waals surface area contributed by atoms with Crippen LogP contribution in [-0.4, -0.2) is 24.7 Å². The fraction of sp³-hybridized carbons (Fsp3) is 0.200. The van der Waals surface area contributed by atoms with Gasteiger partial charge in [0.2, 0.25) is 0 Å². The van der Waals surface area contributed by atoms with Gasteiger partial charge in [-0.3, -0.25) is 9.69 Å². The number of carbonyl (C=O) groups excluding carboxylic acids is 1. The van der Waals surface area contributed by atoms with Gasteiger partial charge in [0, 0.05) is 0 Å². The van der Waals surface area contributed by atoms with E-state index in [2.05, 4.69) is 10.1 Å². The van der Waals surface area contributed by atoms with Gasteiger partial charge in [0.1, 0.15) is 5.70 Å². The van der Waals surface area contributed by atoms with Crippen LogP contribution in [0, 0.1) is 13.8 Å². The maximum Gasteiger partial charge on any atom is 0.387 e. The Balaban J connectivity index is 1.91. The number of nitrogens with one attached hydrogen (secondary N) is 1. The molecule has 0 unspecified atom stereocenters. The summed E-state index contributed by atoms with van der Waals surface area (Å²) >= 11 is 5.32. The van der Waals surface area contributed by atoms with E-state index >= 15 is 0 Å². The number of rotatable bonds is 5. The molecular weight excluding hydrogens is 386 g/mol. The largest absolute Gasteiger partial charge is 0.493 e. The number of thiocarbonyl (C=S) groups is 1. The summed E-state index contributed by atoms with van der Waals surface area (Å²) < 4.78 is 34.4. The minimum atomic E-state index is -2.96. The lowest BCUT2D eigenvalue weighted by Gasteiger charge is -2.15. The van der Waals surface area contributed by atoms with E-state index in [1.807, 2.05) is 32.0 Å². The van der Waals surface area contributed by atoms with E-state index in [1.54, 1.807) is 12.1 Å². The Bertz CT molecular complexity index is 956. The number of anilines is 1. The first-order valence-corrected chi connectivity index (χ1v) is 8.77. The van der Waals surface area contributed by atoms with E-state index in [-0.39, 0.29) is 28.2 Å². The zero-order valence-electron chi connectivity index (χ0n) is 15.5. The third-order valence-corrected chi connectivity index (χ3v) is 4.34. The molecule has 1 N–H and O–H groups in total. The quantitative estimate of drug-likeness (QED) is 0.599. The monoisotopic (exact) mass is 404 g/mol. The maximum atomic E-state index is 12.9. The molecule has 28 heavy (non-hydrogen) atoms. The minimum absolute atomic E-state index is 0.0854. The van der Waals surface area contributed by atoms with Gasteiger partial charge in [-0.15, -0.1) is 0 Å². The molecular formula is C20H18F2N2O3S. The Morgan fingerprint density at radius 2 is 1.79 bits per heavy atom. The number of carbonyl (C=O) groups is 1. The second kappa shape index (κ2) is 7.93. The molecule has 8 heteroatoms. The summed E-state index contributed by atoms with van der Waals surface area (Å²) in [5.41, 5.74) is 3.56. The highest BCUT2D eigenvalue weighted by Crippen LogP contribution is 2.31. The summed E-state index contributed by atoms with van der Waals surface area (Å²) in [6, 6.07) is 10.2. The molecule has 2 aromatic carbocycles. The zero-order chi connectivity index (χ0) is 20.4. The van der Waals surface area contributed by atoms with Crippen molar-refractivity contribution in [3.05, 3.63) is 58.8 Å². The number of aryl methyl sites for hydroxylation is 2. The van der Waals surface area contributed by atoms with Crippen LogP contribution in [-0.2, 0) is 4.79 Å². The predicted molar refractivity (Wildman–Crippen MR) is 107 cm³/mol. The van der Waals surface area contributed by atoms with E-state index in [0.717, 1.165) is 11.1 Å². The average Bonchev–Trinajstić information content (AvgIpc) is 2.88. The highest BCUT2D eigenvalue weighted by atomic mass is 32.1. The van der Waals surface area contributed by atoms with Crippen molar-refractivity contribution in [2.75, 3.05) is 12.0 Å². The molecule has 0 aliphatic carbocycles. The van der Waals surface area contributed by atoms with Gasteiger partial charge in [-0.25, -0.2) is 0 Å². The third kappa shape index (κ3) is 4.12. The SMILES string of the molecule is COc1cc(/C=C2\NC(=S)N(c3cc(C)cc(C)c3)C2=O)ccc1OC(F)F. The number of ether oxygens (including phenoxy) is 2. The van der Waals surface area contributed by atoms with Gasteiger partial charge in [0.05, 0.1) is 12.8 Å². The van der Waals surface area contributed by atoms with E-state index < -0.39 is 6.61 Å². The molecule has 1 aliphatic heterocycles. The second-order valence-electron chi connectivity index (χ2n) is 6.26. The van der Waals surface area contributed by atoms with Crippen molar-refractivity contribution >= 4 is 35.0 Å². The molecule has 5 nitrogen and oxygen atoms in total. The molecule has 1 fully saturated rings. The second-order valence-corrected chi connectivity index (χ2v) is 6.65. The highest BCUT2D eigenvalue weighted by Gasteiger charge is 2.32. The Morgan fingerprint density at radius 1 is 1.11 bits per heavy atom. The van der Waals surface area contributed by atoms with Gasteiger partial charge in [-0.05, 0) is 73.1 Å². The standard InChI is InChI=1S/C20H18F2N2O3S/c1-11-6-12(2)8-14(7-11)24-18(25)15(23-20(24)28)9-13-4-5-16(27-19(21)22)17(10-13)26-3/h4-10,19H,1-3H3,(H,23,28)/b15-9-. The van der Waals surface area contributed by atoms with Crippen molar-refractivity contribution in [1.82, 2.24) is 5.32 Å². The van der Waals surface area contributed by atoms with Crippen LogP contribution in [0.25, 0.3) is 6.08 Å². The molecule has 1 amide bonds. The van der Waals surface area contributed by atoms with Crippen LogP contribution >= 0.6 is 12.2 Å². The Kier molecular flexibility index (Phi) is 5.60. The van der Waals surface area contributed by atoms with Gasteiger partial charge in [0.25, 0.3) is 5.91 Å². The zero-order valence-corrected chi connectivity index (χ0v) is 16.3. The van der Waals surface area contributed by atoms with Crippen molar-refractivity contribution in [2.24, 2.45) is 0 Å². The van der Waals surface area contributed by atoms with Crippen molar-refractivity contribution in [2.45, 2.75) is 20.5 Å². The minimum Gasteiger partial charge on any atom is -0.493 e. The molecule has 0 atom stereocenters. The fourth-order valence-electron chi connectivity index (χ4n) is 2.98. The lowest BCUT2D eigenvalue weighted by atomic mass is 10.1. The van der Waals surface area contributed by atoms with Crippen LogP contribution in [0.5, 0.6) is 11.5 Å². The number of alkyl halides is 2. The van der Waals surface area contributed by atoms with Gasteiger partial charge in [-0.1, -0.05) is 12.1 Å². The van der Waals surface area contributed by atoms with E-state index in [9.17, 15) is 13.6 Å². The average molecular weight is 404 g/mol.